The van der Waals surface area contributed by atoms with Crippen LogP contribution in [0.4, 0.5) is 5.69 Å². The lowest BCUT2D eigenvalue weighted by molar-refractivity contribution is -0.118. The fraction of sp³-hybridized carbons (Fsp3) is 0.429. The molecule has 0 spiro atoms. The number of benzene rings is 1. The molecule has 1 amide bonds. The van der Waals surface area contributed by atoms with Crippen molar-refractivity contribution < 1.29 is 4.79 Å². The summed E-state index contributed by atoms with van der Waals surface area (Å²) in [5.41, 5.74) is 8.21. The first-order valence-corrected chi connectivity index (χ1v) is 7.68. The number of carbonyl (C=O) groups excluding carboxylic acids is 1. The molecule has 3 N–H and O–H groups in total. The van der Waals surface area contributed by atoms with Crippen molar-refractivity contribution in [2.24, 2.45) is 5.73 Å². The molecule has 2 rings (SSSR count). The molecule has 0 aromatic heterocycles. The maximum absolute atomic E-state index is 12.4. The minimum Gasteiger partial charge on any atom is -0.389 e. The van der Waals surface area contributed by atoms with Gasteiger partial charge in [-0.2, -0.15) is 0 Å². The van der Waals surface area contributed by atoms with Crippen molar-refractivity contribution in [1.29, 1.82) is 0 Å². The van der Waals surface area contributed by atoms with Gasteiger partial charge in [0.2, 0.25) is 5.91 Å². The number of hydrogen-bond acceptors (Lipinski definition) is 3. The third-order valence-corrected chi connectivity index (χ3v) is 5.22. The SMILES string of the molecule is Cc1ccc(C(N)=S)cc1NC(=O)C1(C)CCCS1. The number of nitrogens with two attached hydrogens (primary N) is 1. The van der Waals surface area contributed by atoms with Crippen LogP contribution in [0, 0.1) is 6.92 Å². The Balaban J connectivity index is 2.20. The van der Waals surface area contributed by atoms with E-state index >= 15 is 0 Å². The molecule has 1 aromatic rings. The molecule has 1 atom stereocenters. The Bertz CT molecular complexity index is 522. The fourth-order valence-corrected chi connectivity index (χ4v) is 3.46. The molecule has 1 aromatic carbocycles. The van der Waals surface area contributed by atoms with Crippen molar-refractivity contribution in [3.8, 4) is 0 Å². The van der Waals surface area contributed by atoms with Gasteiger partial charge in [0.15, 0.2) is 0 Å². The van der Waals surface area contributed by atoms with Crippen LogP contribution < -0.4 is 11.1 Å². The van der Waals surface area contributed by atoms with E-state index in [1.54, 1.807) is 11.8 Å². The Morgan fingerprint density at radius 1 is 1.53 bits per heavy atom. The molecule has 1 aliphatic rings. The van der Waals surface area contributed by atoms with Gasteiger partial charge in [0.1, 0.15) is 4.99 Å². The topological polar surface area (TPSA) is 55.1 Å². The Labute approximate surface area is 123 Å². The van der Waals surface area contributed by atoms with Gasteiger partial charge < -0.3 is 11.1 Å². The van der Waals surface area contributed by atoms with E-state index in [1.165, 1.54) is 0 Å². The number of hydrogen-bond donors (Lipinski definition) is 2. The Morgan fingerprint density at radius 3 is 2.84 bits per heavy atom. The van der Waals surface area contributed by atoms with E-state index in [9.17, 15) is 4.79 Å². The average Bonchev–Trinajstić information content (AvgIpc) is 2.80. The number of anilines is 1. The molecule has 5 heteroatoms. The summed E-state index contributed by atoms with van der Waals surface area (Å²) in [5.74, 6) is 1.12. The summed E-state index contributed by atoms with van der Waals surface area (Å²) in [4.78, 5) is 12.7. The van der Waals surface area contributed by atoms with Crippen molar-refractivity contribution in [1.82, 2.24) is 0 Å². The van der Waals surface area contributed by atoms with Crippen LogP contribution in [0.3, 0.4) is 0 Å². The highest BCUT2D eigenvalue weighted by Crippen LogP contribution is 2.38. The summed E-state index contributed by atoms with van der Waals surface area (Å²) in [6, 6.07) is 5.64. The van der Waals surface area contributed by atoms with Gasteiger partial charge in [0.05, 0.1) is 4.75 Å². The third-order valence-electron chi connectivity index (χ3n) is 3.47. The van der Waals surface area contributed by atoms with Crippen LogP contribution >= 0.6 is 24.0 Å². The summed E-state index contributed by atoms with van der Waals surface area (Å²) in [7, 11) is 0. The summed E-state index contributed by atoms with van der Waals surface area (Å²) in [5, 5.41) is 3.01. The quantitative estimate of drug-likeness (QED) is 0.842. The highest BCUT2D eigenvalue weighted by Gasteiger charge is 2.37. The molecule has 1 aliphatic heterocycles. The second-order valence-corrected chi connectivity index (χ2v) is 7.07. The molecule has 1 fully saturated rings. The highest BCUT2D eigenvalue weighted by molar-refractivity contribution is 8.01. The molecule has 102 valence electrons. The molecule has 1 unspecified atom stereocenters. The van der Waals surface area contributed by atoms with Gasteiger partial charge in [-0.1, -0.05) is 24.4 Å². The molecule has 19 heavy (non-hydrogen) atoms. The van der Waals surface area contributed by atoms with Crippen molar-refractivity contribution in [3.05, 3.63) is 29.3 Å². The van der Waals surface area contributed by atoms with Crippen LogP contribution in [0.15, 0.2) is 18.2 Å². The number of carbonyl (C=O) groups is 1. The summed E-state index contributed by atoms with van der Waals surface area (Å²) >= 11 is 6.69. The first-order chi connectivity index (χ1) is 8.92. The van der Waals surface area contributed by atoms with Crippen molar-refractivity contribution in [2.75, 3.05) is 11.1 Å². The second-order valence-electron chi connectivity index (χ2n) is 5.03. The van der Waals surface area contributed by atoms with Crippen LogP contribution in [0.1, 0.15) is 30.9 Å². The molecular formula is C14H18N2OS2. The second kappa shape index (κ2) is 5.51. The zero-order chi connectivity index (χ0) is 14.0. The molecule has 1 heterocycles. The van der Waals surface area contributed by atoms with Crippen LogP contribution in [-0.4, -0.2) is 21.4 Å². The number of amides is 1. The molecule has 0 saturated carbocycles. The predicted octanol–water partition coefficient (Wildman–Crippen LogP) is 2.85. The number of thiocarbonyl (C=S) groups is 1. The molecular weight excluding hydrogens is 276 g/mol. The molecule has 0 bridgehead atoms. The van der Waals surface area contributed by atoms with E-state index in [1.807, 2.05) is 32.0 Å². The Hall–Kier alpha value is -1.07. The number of thioether (sulfide) groups is 1. The predicted molar refractivity (Wildman–Crippen MR) is 85.8 cm³/mol. The minimum absolute atomic E-state index is 0.0678. The normalized spacial score (nSPS) is 22.2. The van der Waals surface area contributed by atoms with Crippen LogP contribution in [0.5, 0.6) is 0 Å². The van der Waals surface area contributed by atoms with Gasteiger partial charge in [-0.25, -0.2) is 0 Å². The van der Waals surface area contributed by atoms with Gasteiger partial charge in [0, 0.05) is 11.3 Å². The van der Waals surface area contributed by atoms with Crippen LogP contribution in [-0.2, 0) is 4.79 Å². The average molecular weight is 294 g/mol. The zero-order valence-electron chi connectivity index (χ0n) is 11.2. The van der Waals surface area contributed by atoms with Gasteiger partial charge in [-0.05, 0) is 44.1 Å². The first-order valence-electron chi connectivity index (χ1n) is 6.28. The standard InChI is InChI=1S/C14H18N2OS2/c1-9-4-5-10(12(15)18)8-11(9)16-13(17)14(2)6-3-7-19-14/h4-5,8H,3,6-7H2,1-2H3,(H2,15,18)(H,16,17). The van der Waals surface area contributed by atoms with Gasteiger partial charge in [-0.15, -0.1) is 11.8 Å². The maximum atomic E-state index is 12.4. The Morgan fingerprint density at radius 2 is 2.26 bits per heavy atom. The van der Waals surface area contributed by atoms with Crippen molar-refractivity contribution in [3.63, 3.8) is 0 Å². The van der Waals surface area contributed by atoms with Crippen molar-refractivity contribution in [2.45, 2.75) is 31.4 Å². The van der Waals surface area contributed by atoms with E-state index in [0.717, 1.165) is 35.4 Å². The van der Waals surface area contributed by atoms with Crippen LogP contribution in [0.25, 0.3) is 0 Å². The van der Waals surface area contributed by atoms with E-state index in [2.05, 4.69) is 5.32 Å². The smallest absolute Gasteiger partial charge is 0.240 e. The zero-order valence-corrected chi connectivity index (χ0v) is 12.8. The Kier molecular flexibility index (Phi) is 4.16. The lowest BCUT2D eigenvalue weighted by Gasteiger charge is -2.22. The van der Waals surface area contributed by atoms with Crippen LogP contribution in [0.2, 0.25) is 0 Å². The minimum atomic E-state index is -0.314. The third kappa shape index (κ3) is 3.09. The maximum Gasteiger partial charge on any atom is 0.240 e. The lowest BCUT2D eigenvalue weighted by atomic mass is 10.0. The number of rotatable bonds is 3. The van der Waals surface area contributed by atoms with E-state index in [-0.39, 0.29) is 10.7 Å². The lowest BCUT2D eigenvalue weighted by Crippen LogP contribution is -2.35. The fourth-order valence-electron chi connectivity index (χ4n) is 2.12. The van der Waals surface area contributed by atoms with Gasteiger partial charge in [0.25, 0.3) is 0 Å². The molecule has 0 aliphatic carbocycles. The molecule has 0 radical (unpaired) electrons. The molecule has 1 saturated heterocycles. The number of nitrogens with one attached hydrogen (secondary N) is 1. The summed E-state index contributed by atoms with van der Waals surface area (Å²) in [6.45, 7) is 3.97. The van der Waals surface area contributed by atoms with E-state index in [0.29, 0.717) is 4.99 Å². The largest absolute Gasteiger partial charge is 0.389 e. The highest BCUT2D eigenvalue weighted by atomic mass is 32.2. The van der Waals surface area contributed by atoms with E-state index in [4.69, 9.17) is 18.0 Å². The van der Waals surface area contributed by atoms with Gasteiger partial charge in [-0.3, -0.25) is 4.79 Å². The van der Waals surface area contributed by atoms with Crippen molar-refractivity contribution >= 4 is 40.6 Å². The summed E-state index contributed by atoms with van der Waals surface area (Å²) < 4.78 is -0.314. The number of aryl methyl sites for hydroxylation is 1. The van der Waals surface area contributed by atoms with E-state index < -0.39 is 0 Å². The molecule has 3 nitrogen and oxygen atoms in total. The van der Waals surface area contributed by atoms with Gasteiger partial charge >= 0.3 is 0 Å². The monoisotopic (exact) mass is 294 g/mol. The summed E-state index contributed by atoms with van der Waals surface area (Å²) in [6.07, 6.45) is 2.03. The first kappa shape index (κ1) is 14.3.